The predicted octanol–water partition coefficient (Wildman–Crippen LogP) is 0.780. The molecule has 0 radical (unpaired) electrons. The Morgan fingerprint density at radius 1 is 1.82 bits per heavy atom. The van der Waals surface area contributed by atoms with Crippen molar-refractivity contribution >= 4 is 17.9 Å². The predicted molar refractivity (Wildman–Crippen MR) is 42.4 cm³/mol. The van der Waals surface area contributed by atoms with Crippen LogP contribution < -0.4 is 5.32 Å². The smallest absolute Gasteiger partial charge is 0.435 e. The minimum atomic E-state index is -0.590. The Labute approximate surface area is 69.6 Å². The van der Waals surface area contributed by atoms with E-state index in [9.17, 15) is 4.79 Å². The second kappa shape index (κ2) is 4.46. The average Bonchev–Trinajstić information content (AvgIpc) is 2.40. The van der Waals surface area contributed by atoms with E-state index in [1.807, 2.05) is 0 Å². The van der Waals surface area contributed by atoms with Crippen LogP contribution in [0.2, 0.25) is 0 Å². The Kier molecular flexibility index (Phi) is 3.51. The Balaban J connectivity index is 2.13. The summed E-state index contributed by atoms with van der Waals surface area (Å²) in [6.07, 6.45) is -0.758. The summed E-state index contributed by atoms with van der Waals surface area (Å²) in [7, 11) is 0. The van der Waals surface area contributed by atoms with E-state index in [-0.39, 0.29) is 6.23 Å². The third-order valence-corrected chi connectivity index (χ3v) is 2.09. The fourth-order valence-corrected chi connectivity index (χ4v) is 1.54. The van der Waals surface area contributed by atoms with Gasteiger partial charge in [-0.2, -0.15) is 0 Å². The van der Waals surface area contributed by atoms with Crippen LogP contribution in [0.1, 0.15) is 6.92 Å². The number of rotatable bonds is 2. The highest BCUT2D eigenvalue weighted by Gasteiger charge is 2.18. The van der Waals surface area contributed by atoms with E-state index in [1.165, 1.54) is 0 Å². The van der Waals surface area contributed by atoms with E-state index in [1.54, 1.807) is 18.7 Å². The van der Waals surface area contributed by atoms with Crippen LogP contribution in [0.15, 0.2) is 0 Å². The van der Waals surface area contributed by atoms with Gasteiger partial charge in [0.05, 0.1) is 6.61 Å². The standard InChI is InChI=1S/C6H11NO3S/c1-2-9-6(8)10-5-3-11-4-7-5/h5,7H,2-4H2,1H3. The fourth-order valence-electron chi connectivity index (χ4n) is 0.720. The molecule has 1 N–H and O–H groups in total. The zero-order valence-electron chi connectivity index (χ0n) is 6.33. The van der Waals surface area contributed by atoms with Crippen molar-refractivity contribution in [3.8, 4) is 0 Å². The molecule has 0 spiro atoms. The van der Waals surface area contributed by atoms with Gasteiger partial charge < -0.3 is 9.47 Å². The Hall–Kier alpha value is -0.420. The molecular formula is C6H11NO3S. The molecule has 1 aliphatic heterocycles. The quantitative estimate of drug-likeness (QED) is 0.631. The van der Waals surface area contributed by atoms with Crippen molar-refractivity contribution in [2.75, 3.05) is 18.2 Å². The summed E-state index contributed by atoms with van der Waals surface area (Å²) in [5.41, 5.74) is 0. The van der Waals surface area contributed by atoms with Crippen LogP contribution in [-0.2, 0) is 9.47 Å². The van der Waals surface area contributed by atoms with Gasteiger partial charge >= 0.3 is 6.16 Å². The molecule has 0 aromatic carbocycles. The zero-order valence-corrected chi connectivity index (χ0v) is 7.15. The number of hydrogen-bond donors (Lipinski definition) is 1. The minimum absolute atomic E-state index is 0.168. The molecule has 1 rings (SSSR count). The lowest BCUT2D eigenvalue weighted by molar-refractivity contribution is 0.0270. The summed E-state index contributed by atoms with van der Waals surface area (Å²) < 4.78 is 9.45. The molecular weight excluding hydrogens is 166 g/mol. The third kappa shape index (κ3) is 2.98. The molecule has 1 heterocycles. The molecule has 4 nitrogen and oxygen atoms in total. The van der Waals surface area contributed by atoms with Crippen LogP contribution in [0, 0.1) is 0 Å². The van der Waals surface area contributed by atoms with E-state index in [0.29, 0.717) is 6.61 Å². The summed E-state index contributed by atoms with van der Waals surface area (Å²) >= 11 is 1.70. The van der Waals surface area contributed by atoms with Crippen molar-refractivity contribution in [1.29, 1.82) is 0 Å². The number of carbonyl (C=O) groups is 1. The number of hydrogen-bond acceptors (Lipinski definition) is 5. The molecule has 1 atom stereocenters. The topological polar surface area (TPSA) is 47.6 Å². The summed E-state index contributed by atoms with van der Waals surface area (Å²) in [4.78, 5) is 10.7. The number of ether oxygens (including phenoxy) is 2. The molecule has 0 aliphatic carbocycles. The molecule has 0 saturated carbocycles. The van der Waals surface area contributed by atoms with Crippen molar-refractivity contribution < 1.29 is 14.3 Å². The highest BCUT2D eigenvalue weighted by Crippen LogP contribution is 2.10. The molecule has 64 valence electrons. The number of thioether (sulfide) groups is 1. The first-order valence-corrected chi connectivity index (χ1v) is 4.63. The molecule has 1 unspecified atom stereocenters. The number of nitrogens with one attached hydrogen (secondary N) is 1. The normalized spacial score (nSPS) is 23.2. The van der Waals surface area contributed by atoms with Crippen molar-refractivity contribution in [2.45, 2.75) is 13.2 Å². The van der Waals surface area contributed by atoms with Crippen LogP contribution in [0.3, 0.4) is 0 Å². The maximum Gasteiger partial charge on any atom is 0.509 e. The lowest BCUT2D eigenvalue weighted by Gasteiger charge is -2.09. The van der Waals surface area contributed by atoms with Crippen LogP contribution in [0.25, 0.3) is 0 Å². The highest BCUT2D eigenvalue weighted by atomic mass is 32.2. The molecule has 0 amide bonds. The second-order valence-electron chi connectivity index (χ2n) is 2.01. The van der Waals surface area contributed by atoms with Crippen LogP contribution in [0.5, 0.6) is 0 Å². The Morgan fingerprint density at radius 2 is 2.64 bits per heavy atom. The van der Waals surface area contributed by atoms with Gasteiger partial charge in [0.1, 0.15) is 0 Å². The van der Waals surface area contributed by atoms with Crippen molar-refractivity contribution in [3.05, 3.63) is 0 Å². The summed E-state index contributed by atoms with van der Waals surface area (Å²) in [6.45, 7) is 2.11. The average molecular weight is 177 g/mol. The second-order valence-corrected chi connectivity index (χ2v) is 3.04. The van der Waals surface area contributed by atoms with Gasteiger partial charge in [-0.25, -0.2) is 4.79 Å². The molecule has 1 fully saturated rings. The lowest BCUT2D eigenvalue weighted by Crippen LogP contribution is -2.29. The van der Waals surface area contributed by atoms with E-state index < -0.39 is 6.16 Å². The number of carbonyl (C=O) groups excluding carboxylic acids is 1. The molecule has 0 aromatic rings. The van der Waals surface area contributed by atoms with Gasteiger partial charge in [0.15, 0.2) is 6.23 Å². The lowest BCUT2D eigenvalue weighted by atomic mass is 10.7. The molecule has 5 heteroatoms. The molecule has 0 aromatic heterocycles. The third-order valence-electron chi connectivity index (χ3n) is 1.18. The molecule has 11 heavy (non-hydrogen) atoms. The first-order chi connectivity index (χ1) is 5.33. The zero-order chi connectivity index (χ0) is 8.10. The largest absolute Gasteiger partial charge is 0.509 e. The highest BCUT2D eigenvalue weighted by molar-refractivity contribution is 7.99. The first-order valence-electron chi connectivity index (χ1n) is 3.47. The van der Waals surface area contributed by atoms with Gasteiger partial charge in [0, 0.05) is 11.6 Å². The van der Waals surface area contributed by atoms with E-state index in [0.717, 1.165) is 11.6 Å². The Bertz CT molecular complexity index is 136. The molecule has 1 saturated heterocycles. The SMILES string of the molecule is CCOC(=O)OC1CSCN1. The van der Waals surface area contributed by atoms with Crippen LogP contribution in [0.4, 0.5) is 4.79 Å². The van der Waals surface area contributed by atoms with Gasteiger partial charge in [-0.15, -0.1) is 11.8 Å². The van der Waals surface area contributed by atoms with E-state index in [2.05, 4.69) is 10.1 Å². The maximum absolute atomic E-state index is 10.7. The van der Waals surface area contributed by atoms with Gasteiger partial charge in [-0.05, 0) is 6.92 Å². The first kappa shape index (κ1) is 8.67. The fraction of sp³-hybridized carbons (Fsp3) is 0.833. The van der Waals surface area contributed by atoms with Gasteiger partial charge in [0.2, 0.25) is 0 Å². The van der Waals surface area contributed by atoms with Crippen LogP contribution in [-0.4, -0.2) is 30.6 Å². The summed E-state index contributed by atoms with van der Waals surface area (Å²) in [6, 6.07) is 0. The molecule has 0 bridgehead atoms. The van der Waals surface area contributed by atoms with Gasteiger partial charge in [-0.1, -0.05) is 0 Å². The van der Waals surface area contributed by atoms with E-state index in [4.69, 9.17) is 4.74 Å². The van der Waals surface area contributed by atoms with Gasteiger partial charge in [0.25, 0.3) is 0 Å². The Morgan fingerprint density at radius 3 is 3.18 bits per heavy atom. The van der Waals surface area contributed by atoms with Crippen LogP contribution >= 0.6 is 11.8 Å². The maximum atomic E-state index is 10.7. The van der Waals surface area contributed by atoms with Crippen molar-refractivity contribution in [1.82, 2.24) is 5.32 Å². The van der Waals surface area contributed by atoms with Crippen molar-refractivity contribution in [2.24, 2.45) is 0 Å². The summed E-state index contributed by atoms with van der Waals surface area (Å²) in [5.74, 6) is 1.64. The van der Waals surface area contributed by atoms with Gasteiger partial charge in [-0.3, -0.25) is 5.32 Å². The van der Waals surface area contributed by atoms with Crippen molar-refractivity contribution in [3.63, 3.8) is 0 Å². The monoisotopic (exact) mass is 177 g/mol. The molecule has 1 aliphatic rings. The van der Waals surface area contributed by atoms with E-state index >= 15 is 0 Å². The summed E-state index contributed by atoms with van der Waals surface area (Å²) in [5, 5.41) is 2.99. The minimum Gasteiger partial charge on any atom is -0.435 e.